The van der Waals surface area contributed by atoms with E-state index < -0.39 is 12.0 Å². The molecule has 0 saturated heterocycles. The predicted molar refractivity (Wildman–Crippen MR) is 106 cm³/mol. The van der Waals surface area contributed by atoms with Crippen LogP contribution in [-0.2, 0) is 14.3 Å². The second-order valence-electron chi connectivity index (χ2n) is 5.93. The first kappa shape index (κ1) is 21.0. The number of hydrogen-bond donors (Lipinski definition) is 2. The first-order chi connectivity index (χ1) is 13.0. The van der Waals surface area contributed by atoms with Gasteiger partial charge in [0.15, 0.2) is 16.6 Å². The Hall–Kier alpha value is -2.32. The van der Waals surface area contributed by atoms with Gasteiger partial charge in [0.1, 0.15) is 6.61 Å². The van der Waals surface area contributed by atoms with Crippen LogP contribution in [0.3, 0.4) is 0 Å². The number of ether oxygens (including phenoxy) is 4. The summed E-state index contributed by atoms with van der Waals surface area (Å²) in [5.41, 5.74) is 1.83. The molecule has 0 spiro atoms. The van der Waals surface area contributed by atoms with E-state index in [1.54, 1.807) is 21.1 Å². The Labute approximate surface area is 165 Å². The Morgan fingerprint density at radius 1 is 1.22 bits per heavy atom. The van der Waals surface area contributed by atoms with Crippen molar-refractivity contribution in [3.8, 4) is 11.5 Å². The summed E-state index contributed by atoms with van der Waals surface area (Å²) in [6.07, 6.45) is 0.844. The van der Waals surface area contributed by atoms with Gasteiger partial charge in [0.25, 0.3) is 0 Å². The number of esters is 1. The van der Waals surface area contributed by atoms with Crippen molar-refractivity contribution in [2.45, 2.75) is 26.3 Å². The van der Waals surface area contributed by atoms with Crippen molar-refractivity contribution in [2.24, 2.45) is 0 Å². The molecule has 1 aliphatic rings. The fourth-order valence-corrected chi connectivity index (χ4v) is 3.04. The number of nitrogens with one attached hydrogen (secondary N) is 2. The molecule has 7 nitrogen and oxygen atoms in total. The van der Waals surface area contributed by atoms with Crippen LogP contribution in [0, 0.1) is 0 Å². The molecule has 0 radical (unpaired) electrons. The number of carbonyl (C=O) groups is 1. The maximum atomic E-state index is 12.7. The molecule has 2 N–H and O–H groups in total. The zero-order valence-electron chi connectivity index (χ0n) is 16.1. The van der Waals surface area contributed by atoms with E-state index in [0.29, 0.717) is 41.1 Å². The van der Waals surface area contributed by atoms with Crippen LogP contribution < -0.4 is 20.1 Å². The molecular formula is C19H26N2O5S. The lowest BCUT2D eigenvalue weighted by Crippen LogP contribution is -2.45. The molecule has 2 rings (SSSR count). The number of thiocarbonyl (C=S) groups is 1. The van der Waals surface area contributed by atoms with Crippen molar-refractivity contribution in [1.82, 2.24) is 10.6 Å². The average molecular weight is 394 g/mol. The van der Waals surface area contributed by atoms with Gasteiger partial charge in [0, 0.05) is 18.4 Å². The minimum atomic E-state index is -0.518. The molecule has 148 valence electrons. The van der Waals surface area contributed by atoms with Crippen LogP contribution in [0.25, 0.3) is 0 Å². The molecule has 8 heteroatoms. The van der Waals surface area contributed by atoms with Crippen LogP contribution in [-0.4, -0.2) is 45.1 Å². The SMILES string of the molecule is CCCOc1c(OC)cccc1[C@H]1NC(=S)NC(C)=C1C(=O)OCCOC. The molecule has 0 fully saturated rings. The molecule has 0 saturated carbocycles. The maximum absolute atomic E-state index is 12.7. The highest BCUT2D eigenvalue weighted by Gasteiger charge is 2.33. The third kappa shape index (κ3) is 5.11. The third-order valence-electron chi connectivity index (χ3n) is 4.00. The van der Waals surface area contributed by atoms with E-state index in [9.17, 15) is 4.79 Å². The zero-order chi connectivity index (χ0) is 19.8. The molecule has 0 aromatic heterocycles. The van der Waals surface area contributed by atoms with Gasteiger partial charge in [-0.25, -0.2) is 4.79 Å². The van der Waals surface area contributed by atoms with E-state index in [1.807, 2.05) is 25.1 Å². The van der Waals surface area contributed by atoms with Crippen molar-refractivity contribution in [1.29, 1.82) is 0 Å². The molecule has 0 bridgehead atoms. The fourth-order valence-electron chi connectivity index (χ4n) is 2.77. The van der Waals surface area contributed by atoms with Crippen LogP contribution in [0.15, 0.2) is 29.5 Å². The van der Waals surface area contributed by atoms with Gasteiger partial charge in [-0.3, -0.25) is 0 Å². The number of hydrogen-bond acceptors (Lipinski definition) is 6. The van der Waals surface area contributed by atoms with E-state index in [4.69, 9.17) is 31.2 Å². The summed E-state index contributed by atoms with van der Waals surface area (Å²) in [5.74, 6) is 0.734. The summed E-state index contributed by atoms with van der Waals surface area (Å²) in [6, 6.07) is 5.04. The molecule has 1 aromatic rings. The molecular weight excluding hydrogens is 368 g/mol. The number of methoxy groups -OCH3 is 2. The van der Waals surface area contributed by atoms with E-state index >= 15 is 0 Å². The smallest absolute Gasteiger partial charge is 0.338 e. The van der Waals surface area contributed by atoms with E-state index in [-0.39, 0.29) is 6.61 Å². The van der Waals surface area contributed by atoms with Crippen LogP contribution in [0.2, 0.25) is 0 Å². The first-order valence-corrected chi connectivity index (χ1v) is 9.18. The number of carbonyl (C=O) groups excluding carboxylic acids is 1. The van der Waals surface area contributed by atoms with Gasteiger partial charge >= 0.3 is 5.97 Å². The standard InChI is InChI=1S/C19H26N2O5S/c1-5-9-25-17-13(7-6-8-14(17)24-4)16-15(12(2)20-19(27)21-16)18(22)26-11-10-23-3/h6-8,16H,5,9-11H2,1-4H3,(H2,20,21,27)/t16-/m1/s1. The highest BCUT2D eigenvalue weighted by Crippen LogP contribution is 2.39. The molecule has 0 amide bonds. The third-order valence-corrected chi connectivity index (χ3v) is 4.22. The minimum absolute atomic E-state index is 0.167. The Balaban J connectivity index is 2.45. The first-order valence-electron chi connectivity index (χ1n) is 8.77. The summed E-state index contributed by atoms with van der Waals surface area (Å²) in [4.78, 5) is 12.7. The number of allylic oxidation sites excluding steroid dienone is 1. The van der Waals surface area contributed by atoms with Crippen molar-refractivity contribution in [3.63, 3.8) is 0 Å². The topological polar surface area (TPSA) is 78.1 Å². The quantitative estimate of drug-likeness (QED) is 0.376. The highest BCUT2D eigenvalue weighted by molar-refractivity contribution is 7.80. The van der Waals surface area contributed by atoms with Crippen LogP contribution in [0.4, 0.5) is 0 Å². The lowest BCUT2D eigenvalue weighted by molar-refractivity contribution is -0.140. The molecule has 1 aliphatic heterocycles. The largest absolute Gasteiger partial charge is 0.493 e. The average Bonchev–Trinajstić information content (AvgIpc) is 2.65. The summed E-state index contributed by atoms with van der Waals surface area (Å²) in [6.45, 7) is 4.83. The van der Waals surface area contributed by atoms with Crippen molar-refractivity contribution in [3.05, 3.63) is 35.0 Å². The zero-order valence-corrected chi connectivity index (χ0v) is 16.9. The highest BCUT2D eigenvalue weighted by atomic mass is 32.1. The van der Waals surface area contributed by atoms with E-state index in [0.717, 1.165) is 12.0 Å². The summed E-state index contributed by atoms with van der Waals surface area (Å²) in [7, 11) is 3.14. The molecule has 0 aliphatic carbocycles. The van der Waals surface area contributed by atoms with Gasteiger partial charge in [-0.05, 0) is 31.6 Å². The normalized spacial score (nSPS) is 16.4. The van der Waals surface area contributed by atoms with Crippen molar-refractivity contribution < 1.29 is 23.7 Å². The van der Waals surface area contributed by atoms with Crippen LogP contribution >= 0.6 is 12.2 Å². The van der Waals surface area contributed by atoms with Gasteiger partial charge in [-0.2, -0.15) is 0 Å². The van der Waals surface area contributed by atoms with Crippen molar-refractivity contribution >= 4 is 23.3 Å². The van der Waals surface area contributed by atoms with E-state index in [1.165, 1.54) is 0 Å². The molecule has 0 unspecified atom stereocenters. The summed E-state index contributed by atoms with van der Waals surface area (Å²) < 4.78 is 21.7. The van der Waals surface area contributed by atoms with Gasteiger partial charge in [0.05, 0.1) is 31.9 Å². The monoisotopic (exact) mass is 394 g/mol. The molecule has 1 aromatic carbocycles. The summed E-state index contributed by atoms with van der Waals surface area (Å²) >= 11 is 5.30. The second kappa shape index (κ2) is 10.1. The predicted octanol–water partition coefficient (Wildman–Crippen LogP) is 2.47. The Kier molecular flexibility index (Phi) is 7.87. The van der Waals surface area contributed by atoms with Gasteiger partial charge in [-0.15, -0.1) is 0 Å². The number of rotatable bonds is 9. The lowest BCUT2D eigenvalue weighted by Gasteiger charge is -2.31. The Bertz CT molecular complexity index is 720. The molecule has 1 heterocycles. The van der Waals surface area contributed by atoms with Gasteiger partial charge in [-0.1, -0.05) is 19.1 Å². The summed E-state index contributed by atoms with van der Waals surface area (Å²) in [5, 5.41) is 6.56. The molecule has 27 heavy (non-hydrogen) atoms. The fraction of sp³-hybridized carbons (Fsp3) is 0.474. The Morgan fingerprint density at radius 3 is 2.67 bits per heavy atom. The number of benzene rings is 1. The lowest BCUT2D eigenvalue weighted by atomic mass is 9.94. The molecule has 1 atom stereocenters. The van der Waals surface area contributed by atoms with E-state index in [2.05, 4.69) is 10.6 Å². The minimum Gasteiger partial charge on any atom is -0.493 e. The maximum Gasteiger partial charge on any atom is 0.338 e. The number of para-hydroxylation sites is 1. The van der Waals surface area contributed by atoms with Crippen LogP contribution in [0.5, 0.6) is 11.5 Å². The van der Waals surface area contributed by atoms with Crippen molar-refractivity contribution in [2.75, 3.05) is 34.0 Å². The Morgan fingerprint density at radius 2 is 2.00 bits per heavy atom. The van der Waals surface area contributed by atoms with Gasteiger partial charge < -0.3 is 29.6 Å². The van der Waals surface area contributed by atoms with Gasteiger partial charge in [0.2, 0.25) is 0 Å². The van der Waals surface area contributed by atoms with Crippen LogP contribution in [0.1, 0.15) is 31.9 Å². The second-order valence-corrected chi connectivity index (χ2v) is 6.33.